The van der Waals surface area contributed by atoms with E-state index in [-0.39, 0.29) is 17.8 Å². The maximum Gasteiger partial charge on any atom is 0.270 e. The minimum Gasteiger partial charge on any atom is -0.379 e. The molecule has 10 heteroatoms. The van der Waals surface area contributed by atoms with Crippen LogP contribution in [0.3, 0.4) is 0 Å². The van der Waals surface area contributed by atoms with Crippen LogP contribution in [0.1, 0.15) is 40.5 Å². The van der Waals surface area contributed by atoms with Crippen molar-refractivity contribution in [3.8, 4) is 0 Å². The largest absolute Gasteiger partial charge is 0.379 e. The molecule has 0 aromatic heterocycles. The molecule has 0 amide bonds. The standard InChI is InChI=1S/C12H26O8S2/c1-11(2,21-20-19-13)5-7-17-9-10-18-8-6-12(3,4)22(14,15)16/h13H,5-10H2,1-4H3,(H,14,15,16). The smallest absolute Gasteiger partial charge is 0.270 e. The molecule has 0 rings (SSSR count). The Balaban J connectivity index is 3.63. The van der Waals surface area contributed by atoms with Crippen LogP contribution >= 0.6 is 12.0 Å². The molecular weight excluding hydrogens is 336 g/mol. The van der Waals surface area contributed by atoms with E-state index >= 15 is 0 Å². The molecule has 0 aromatic rings. The summed E-state index contributed by atoms with van der Waals surface area (Å²) in [6.07, 6.45) is 0.880. The monoisotopic (exact) mass is 362 g/mol. The highest BCUT2D eigenvalue weighted by Crippen LogP contribution is 2.28. The van der Waals surface area contributed by atoms with Gasteiger partial charge < -0.3 is 9.47 Å². The second kappa shape index (κ2) is 10.0. The van der Waals surface area contributed by atoms with E-state index in [4.69, 9.17) is 19.3 Å². The van der Waals surface area contributed by atoms with Crippen LogP contribution in [0.2, 0.25) is 0 Å². The first-order valence-corrected chi connectivity index (χ1v) is 8.98. The number of hydrogen-bond acceptors (Lipinski definition) is 8. The summed E-state index contributed by atoms with van der Waals surface area (Å²) >= 11 is 0.992. The van der Waals surface area contributed by atoms with Gasteiger partial charge in [-0.1, -0.05) is 5.04 Å². The zero-order chi connectivity index (χ0) is 17.3. The third-order valence-electron chi connectivity index (χ3n) is 3.06. The molecule has 0 bridgehead atoms. The average molecular weight is 362 g/mol. The summed E-state index contributed by atoms with van der Waals surface area (Å²) in [5.41, 5.74) is 0. The minimum absolute atomic E-state index is 0.202. The molecule has 0 fully saturated rings. The molecule has 0 heterocycles. The Hall–Kier alpha value is 0.0600. The van der Waals surface area contributed by atoms with E-state index < -0.39 is 14.9 Å². The molecule has 0 aliphatic heterocycles. The zero-order valence-electron chi connectivity index (χ0n) is 13.4. The number of rotatable bonds is 13. The fourth-order valence-electron chi connectivity index (χ4n) is 1.24. The molecule has 0 radical (unpaired) electrons. The summed E-state index contributed by atoms with van der Waals surface area (Å²) in [4.78, 5) is 0. The lowest BCUT2D eigenvalue weighted by Crippen LogP contribution is -2.32. The first-order valence-electron chi connectivity index (χ1n) is 6.80. The van der Waals surface area contributed by atoms with Gasteiger partial charge in [0.05, 0.1) is 18.0 Å². The normalized spacial score (nSPS) is 13.5. The fraction of sp³-hybridized carbons (Fsp3) is 1.00. The molecule has 0 atom stereocenters. The summed E-state index contributed by atoms with van der Waals surface area (Å²) in [7, 11) is -4.08. The van der Waals surface area contributed by atoms with Gasteiger partial charge in [0.25, 0.3) is 10.1 Å². The third-order valence-corrected chi connectivity index (χ3v) is 5.44. The molecule has 0 unspecified atom stereocenters. The van der Waals surface area contributed by atoms with Crippen LogP contribution in [0.25, 0.3) is 0 Å². The fourth-order valence-corrected chi connectivity index (χ4v) is 1.96. The Kier molecular flexibility index (Phi) is 10.1. The quantitative estimate of drug-likeness (QED) is 0.167. The molecule has 0 aliphatic rings. The minimum atomic E-state index is -4.08. The van der Waals surface area contributed by atoms with Gasteiger partial charge in [0, 0.05) is 30.0 Å². The van der Waals surface area contributed by atoms with Crippen molar-refractivity contribution in [2.24, 2.45) is 0 Å². The molecule has 8 nitrogen and oxygen atoms in total. The van der Waals surface area contributed by atoms with Gasteiger partial charge in [0.1, 0.15) is 0 Å². The Morgan fingerprint density at radius 1 is 0.955 bits per heavy atom. The third kappa shape index (κ3) is 9.95. The highest BCUT2D eigenvalue weighted by molar-refractivity contribution is 7.95. The van der Waals surface area contributed by atoms with Crippen LogP contribution in [-0.4, -0.2) is 54.1 Å². The van der Waals surface area contributed by atoms with Crippen LogP contribution in [-0.2, 0) is 29.0 Å². The topological polar surface area (TPSA) is 112 Å². The predicted molar refractivity (Wildman–Crippen MR) is 83.0 cm³/mol. The van der Waals surface area contributed by atoms with Crippen molar-refractivity contribution in [2.75, 3.05) is 26.4 Å². The van der Waals surface area contributed by atoms with Crippen LogP contribution in [0.4, 0.5) is 0 Å². The highest BCUT2D eigenvalue weighted by atomic mass is 32.2. The van der Waals surface area contributed by atoms with Crippen molar-refractivity contribution < 1.29 is 37.1 Å². The molecule has 0 aliphatic carbocycles. The first-order chi connectivity index (χ1) is 10.0. The molecule has 134 valence electrons. The van der Waals surface area contributed by atoms with Gasteiger partial charge in [-0.25, -0.2) is 5.26 Å². The molecule has 0 saturated heterocycles. The second-order valence-corrected chi connectivity index (χ2v) is 9.41. The Labute approximate surface area is 136 Å². The van der Waals surface area contributed by atoms with Crippen LogP contribution in [0.15, 0.2) is 0 Å². The van der Waals surface area contributed by atoms with Crippen molar-refractivity contribution in [1.82, 2.24) is 0 Å². The van der Waals surface area contributed by atoms with Gasteiger partial charge in [0.2, 0.25) is 0 Å². The number of hydrogen-bond donors (Lipinski definition) is 2. The second-order valence-electron chi connectivity index (χ2n) is 5.95. The Morgan fingerprint density at radius 2 is 1.45 bits per heavy atom. The van der Waals surface area contributed by atoms with Crippen molar-refractivity contribution in [3.63, 3.8) is 0 Å². The zero-order valence-corrected chi connectivity index (χ0v) is 15.0. The van der Waals surface area contributed by atoms with Gasteiger partial charge in [-0.3, -0.25) is 4.55 Å². The van der Waals surface area contributed by atoms with E-state index in [1.54, 1.807) is 0 Å². The summed E-state index contributed by atoms with van der Waals surface area (Å²) in [5.74, 6) is 0. The lowest BCUT2D eigenvalue weighted by atomic mass is 10.1. The van der Waals surface area contributed by atoms with E-state index in [1.807, 2.05) is 13.8 Å². The van der Waals surface area contributed by atoms with Gasteiger partial charge >= 0.3 is 0 Å². The summed E-state index contributed by atoms with van der Waals surface area (Å²) in [6.45, 7) is 8.13. The number of ether oxygens (including phenoxy) is 2. The lowest BCUT2D eigenvalue weighted by Gasteiger charge is -2.21. The maximum atomic E-state index is 11.1. The van der Waals surface area contributed by atoms with Gasteiger partial charge in [-0.2, -0.15) is 8.42 Å². The van der Waals surface area contributed by atoms with Crippen LogP contribution in [0, 0.1) is 0 Å². The first kappa shape index (κ1) is 22.1. The molecule has 0 aromatic carbocycles. The summed E-state index contributed by atoms with van der Waals surface area (Å²) in [5, 5.41) is 11.6. The van der Waals surface area contributed by atoms with Gasteiger partial charge in [-0.15, -0.1) is 4.33 Å². The van der Waals surface area contributed by atoms with Crippen molar-refractivity contribution in [1.29, 1.82) is 0 Å². The van der Waals surface area contributed by atoms with Crippen LogP contribution < -0.4 is 0 Å². The Bertz CT molecular complexity index is 394. The van der Waals surface area contributed by atoms with E-state index in [9.17, 15) is 8.42 Å². The van der Waals surface area contributed by atoms with E-state index in [1.165, 1.54) is 13.8 Å². The van der Waals surface area contributed by atoms with E-state index in [0.29, 0.717) is 26.2 Å². The lowest BCUT2D eigenvalue weighted by molar-refractivity contribution is -0.432. The Morgan fingerprint density at radius 3 is 1.91 bits per heavy atom. The summed E-state index contributed by atoms with van der Waals surface area (Å²) in [6, 6.07) is 0. The molecule has 0 saturated carbocycles. The van der Waals surface area contributed by atoms with Gasteiger partial charge in [0.15, 0.2) is 0 Å². The van der Waals surface area contributed by atoms with Crippen molar-refractivity contribution in [3.05, 3.63) is 0 Å². The predicted octanol–water partition coefficient (Wildman–Crippen LogP) is 2.31. The molecule has 2 N–H and O–H groups in total. The molecular formula is C12H26O8S2. The highest BCUT2D eigenvalue weighted by Gasteiger charge is 2.32. The summed E-state index contributed by atoms with van der Waals surface area (Å²) < 4.78 is 44.7. The average Bonchev–Trinajstić information content (AvgIpc) is 2.38. The van der Waals surface area contributed by atoms with Crippen LogP contribution in [0.5, 0.6) is 0 Å². The van der Waals surface area contributed by atoms with Crippen molar-refractivity contribution >= 4 is 22.2 Å². The van der Waals surface area contributed by atoms with E-state index in [0.717, 1.165) is 12.0 Å². The van der Waals surface area contributed by atoms with E-state index in [2.05, 4.69) is 9.37 Å². The van der Waals surface area contributed by atoms with Gasteiger partial charge in [-0.05, 0) is 40.5 Å². The SMILES string of the molecule is CC(C)(CCOCCOCCC(C)(C)S(=O)(=O)O)SOOO. The molecule has 22 heavy (non-hydrogen) atoms. The van der Waals surface area contributed by atoms with Crippen molar-refractivity contribution in [2.45, 2.75) is 50.0 Å². The molecule has 0 spiro atoms. The maximum absolute atomic E-state index is 11.1.